The molecule has 0 fully saturated rings. The topological polar surface area (TPSA) is 99.5 Å². The second-order valence-corrected chi connectivity index (χ2v) is 5.92. The first kappa shape index (κ1) is 17.5. The average molecular weight is 371 g/mol. The Balaban J connectivity index is 1.81. The number of hydrazone groups is 1. The summed E-state index contributed by atoms with van der Waals surface area (Å²) in [6.45, 7) is 1.73. The zero-order valence-corrected chi connectivity index (χ0v) is 14.5. The van der Waals surface area contributed by atoms with Gasteiger partial charge in [-0.3, -0.25) is 14.7 Å². The lowest BCUT2D eigenvalue weighted by Crippen LogP contribution is -2.20. The Hall–Kier alpha value is -3.32. The summed E-state index contributed by atoms with van der Waals surface area (Å²) in [4.78, 5) is 24.6. The van der Waals surface area contributed by atoms with E-state index in [1.165, 1.54) is 29.1 Å². The van der Waals surface area contributed by atoms with E-state index in [0.29, 0.717) is 22.0 Å². The van der Waals surface area contributed by atoms with Crippen molar-refractivity contribution >= 4 is 23.7 Å². The third kappa shape index (κ3) is 3.52. The lowest BCUT2D eigenvalue weighted by molar-refractivity contribution is 0.0952. The van der Waals surface area contributed by atoms with E-state index in [0.717, 1.165) is 0 Å². The van der Waals surface area contributed by atoms with Crippen molar-refractivity contribution in [2.75, 3.05) is 0 Å². The van der Waals surface area contributed by atoms with Gasteiger partial charge in [-0.2, -0.15) is 5.10 Å². The number of halogens is 1. The monoisotopic (exact) mass is 370 g/mol. The lowest BCUT2D eigenvalue weighted by atomic mass is 10.2. The minimum Gasteiger partial charge on any atom is -0.507 e. The Kier molecular flexibility index (Phi) is 4.90. The lowest BCUT2D eigenvalue weighted by Gasteiger charge is -2.03. The van der Waals surface area contributed by atoms with E-state index in [-0.39, 0.29) is 16.9 Å². The molecule has 0 aliphatic rings. The van der Waals surface area contributed by atoms with E-state index in [1.54, 1.807) is 19.1 Å². The van der Waals surface area contributed by atoms with Gasteiger partial charge in [0.25, 0.3) is 11.5 Å². The molecule has 0 radical (unpaired) electrons. The van der Waals surface area contributed by atoms with Crippen molar-refractivity contribution in [2.24, 2.45) is 5.10 Å². The second kappa shape index (κ2) is 7.28. The second-order valence-electron chi connectivity index (χ2n) is 5.49. The van der Waals surface area contributed by atoms with E-state index in [1.807, 2.05) is 18.2 Å². The Morgan fingerprint density at radius 3 is 2.73 bits per heavy atom. The van der Waals surface area contributed by atoms with Crippen LogP contribution in [-0.4, -0.2) is 27.0 Å². The van der Waals surface area contributed by atoms with E-state index < -0.39 is 5.91 Å². The fourth-order valence-electron chi connectivity index (χ4n) is 2.38. The normalized spacial score (nSPS) is 11.0. The number of phenolic OH excluding ortho intramolecular Hbond substituents is 1. The van der Waals surface area contributed by atoms with Crippen LogP contribution < -0.4 is 11.0 Å². The number of aryl methyl sites for hydroxylation is 1. The van der Waals surface area contributed by atoms with Gasteiger partial charge in [-0.1, -0.05) is 29.8 Å². The van der Waals surface area contributed by atoms with Crippen molar-refractivity contribution in [3.63, 3.8) is 0 Å². The molecule has 3 N–H and O–H groups in total. The maximum absolute atomic E-state index is 12.5. The molecule has 2 aromatic carbocycles. The molecule has 8 heteroatoms. The van der Waals surface area contributed by atoms with Crippen LogP contribution in [0.5, 0.6) is 5.75 Å². The van der Waals surface area contributed by atoms with Gasteiger partial charge in [0.15, 0.2) is 0 Å². The number of benzene rings is 2. The van der Waals surface area contributed by atoms with Crippen LogP contribution in [0.25, 0.3) is 5.69 Å². The van der Waals surface area contributed by atoms with Crippen LogP contribution in [0.2, 0.25) is 5.02 Å². The molecule has 0 aliphatic carbocycles. The van der Waals surface area contributed by atoms with E-state index in [2.05, 4.69) is 15.6 Å². The fraction of sp³-hybridized carbons (Fsp3) is 0.0556. The van der Waals surface area contributed by atoms with Crippen LogP contribution in [0.1, 0.15) is 21.6 Å². The van der Waals surface area contributed by atoms with Crippen LogP contribution in [-0.2, 0) is 0 Å². The Morgan fingerprint density at radius 2 is 2.00 bits per heavy atom. The molecular formula is C18H15ClN4O3. The maximum atomic E-state index is 12.5. The summed E-state index contributed by atoms with van der Waals surface area (Å²) in [6.07, 6.45) is 1.26. The first-order valence-electron chi connectivity index (χ1n) is 7.66. The quantitative estimate of drug-likeness (QED) is 0.486. The number of aromatic amines is 1. The molecule has 0 saturated carbocycles. The molecule has 1 amide bonds. The molecule has 0 bridgehead atoms. The molecule has 0 aliphatic heterocycles. The number of amides is 1. The van der Waals surface area contributed by atoms with Gasteiger partial charge in [0, 0.05) is 10.7 Å². The Bertz CT molecular complexity index is 1040. The van der Waals surface area contributed by atoms with Gasteiger partial charge in [0.05, 0.1) is 23.0 Å². The number of carbonyl (C=O) groups excluding carboxylic acids is 1. The number of para-hydroxylation sites is 1. The molecule has 26 heavy (non-hydrogen) atoms. The maximum Gasteiger partial charge on any atom is 0.280 e. The summed E-state index contributed by atoms with van der Waals surface area (Å²) < 4.78 is 1.39. The summed E-state index contributed by atoms with van der Waals surface area (Å²) in [5, 5.41) is 16.8. The minimum atomic E-state index is -0.641. The highest BCUT2D eigenvalue weighted by molar-refractivity contribution is 6.31. The molecule has 0 saturated heterocycles. The number of carbonyl (C=O) groups is 1. The first-order valence-corrected chi connectivity index (χ1v) is 8.04. The highest BCUT2D eigenvalue weighted by Crippen LogP contribution is 2.21. The van der Waals surface area contributed by atoms with Crippen LogP contribution in [0.4, 0.5) is 0 Å². The van der Waals surface area contributed by atoms with Crippen molar-refractivity contribution in [2.45, 2.75) is 6.92 Å². The number of H-pyrrole nitrogens is 1. The third-order valence-corrected chi connectivity index (χ3v) is 3.93. The number of nitrogens with zero attached hydrogens (tertiary/aromatic N) is 2. The number of rotatable bonds is 4. The Labute approximate surface area is 153 Å². The number of nitrogens with one attached hydrogen (secondary N) is 2. The van der Waals surface area contributed by atoms with E-state index >= 15 is 0 Å². The molecular weight excluding hydrogens is 356 g/mol. The third-order valence-electron chi connectivity index (χ3n) is 3.69. The van der Waals surface area contributed by atoms with Crippen LogP contribution in [0.15, 0.2) is 58.4 Å². The summed E-state index contributed by atoms with van der Waals surface area (Å²) >= 11 is 5.82. The zero-order chi connectivity index (χ0) is 18.7. The molecule has 132 valence electrons. The van der Waals surface area contributed by atoms with Crippen LogP contribution in [0, 0.1) is 6.92 Å². The molecule has 7 nitrogen and oxygen atoms in total. The highest BCUT2D eigenvalue weighted by atomic mass is 35.5. The van der Waals surface area contributed by atoms with E-state index in [9.17, 15) is 14.7 Å². The summed E-state index contributed by atoms with van der Waals surface area (Å²) in [5.41, 5.74) is 3.56. The van der Waals surface area contributed by atoms with Gasteiger partial charge >= 0.3 is 0 Å². The molecule has 3 rings (SSSR count). The van der Waals surface area contributed by atoms with Gasteiger partial charge in [-0.25, -0.2) is 10.1 Å². The van der Waals surface area contributed by atoms with Crippen molar-refractivity contribution < 1.29 is 9.90 Å². The highest BCUT2D eigenvalue weighted by Gasteiger charge is 2.12. The van der Waals surface area contributed by atoms with Gasteiger partial charge in [0.2, 0.25) is 0 Å². The van der Waals surface area contributed by atoms with Crippen LogP contribution >= 0.6 is 11.6 Å². The number of aromatic nitrogens is 2. The first-order chi connectivity index (χ1) is 12.5. The van der Waals surface area contributed by atoms with Gasteiger partial charge in [-0.05, 0) is 37.3 Å². The smallest absolute Gasteiger partial charge is 0.280 e. The van der Waals surface area contributed by atoms with Crippen molar-refractivity contribution in [3.8, 4) is 11.4 Å². The van der Waals surface area contributed by atoms with Gasteiger partial charge < -0.3 is 5.11 Å². The number of hydrogen-bond donors (Lipinski definition) is 3. The van der Waals surface area contributed by atoms with Crippen molar-refractivity contribution in [1.29, 1.82) is 0 Å². The predicted molar refractivity (Wildman–Crippen MR) is 99.3 cm³/mol. The van der Waals surface area contributed by atoms with Crippen LogP contribution in [0.3, 0.4) is 0 Å². The summed E-state index contributed by atoms with van der Waals surface area (Å²) in [6, 6.07) is 13.2. The van der Waals surface area contributed by atoms with Gasteiger partial charge in [-0.15, -0.1) is 0 Å². The van der Waals surface area contributed by atoms with Gasteiger partial charge in [0.1, 0.15) is 5.75 Å². The summed E-state index contributed by atoms with van der Waals surface area (Å²) in [5.74, 6) is -0.857. The number of hydrogen-bond acceptors (Lipinski definition) is 4. The standard InChI is InChI=1S/C18H15ClN4O3/c1-11-15(18(26)23(22-11)13-5-3-2-4-6-13)10-20-21-17(25)14-9-12(19)7-8-16(14)24/h2-10,22,24H,1H3,(H,21,25)/b20-10-. The van der Waals surface area contributed by atoms with Crippen molar-refractivity contribution in [1.82, 2.24) is 15.2 Å². The number of aromatic hydroxyl groups is 1. The summed E-state index contributed by atoms with van der Waals surface area (Å²) in [7, 11) is 0. The molecule has 0 atom stereocenters. The van der Waals surface area contributed by atoms with E-state index in [4.69, 9.17) is 11.6 Å². The van der Waals surface area contributed by atoms with Crippen molar-refractivity contribution in [3.05, 3.63) is 80.7 Å². The molecule has 1 heterocycles. The molecule has 1 aromatic heterocycles. The average Bonchev–Trinajstić information content (AvgIpc) is 2.92. The minimum absolute atomic E-state index is 0.0119. The molecule has 0 unspecified atom stereocenters. The molecule has 3 aromatic rings. The fourth-order valence-corrected chi connectivity index (χ4v) is 2.55. The number of phenols is 1. The SMILES string of the molecule is Cc1[nH]n(-c2ccccc2)c(=O)c1/C=N\NC(=O)c1cc(Cl)ccc1O. The molecule has 0 spiro atoms. The zero-order valence-electron chi connectivity index (χ0n) is 13.7. The Morgan fingerprint density at radius 1 is 1.27 bits per heavy atom. The largest absolute Gasteiger partial charge is 0.507 e. The predicted octanol–water partition coefficient (Wildman–Crippen LogP) is 2.60.